The van der Waals surface area contributed by atoms with Crippen molar-refractivity contribution in [1.29, 1.82) is 0 Å². The zero-order valence-electron chi connectivity index (χ0n) is 12.1. The Kier molecular flexibility index (Phi) is 3.70. The summed E-state index contributed by atoms with van der Waals surface area (Å²) in [7, 11) is 0. The van der Waals surface area contributed by atoms with Crippen molar-refractivity contribution in [3.05, 3.63) is 22.4 Å². The Balaban J connectivity index is 1.93. The van der Waals surface area contributed by atoms with E-state index in [1.54, 1.807) is 17.7 Å². The van der Waals surface area contributed by atoms with Gasteiger partial charge in [-0.2, -0.15) is 9.97 Å². The fourth-order valence-electron chi connectivity index (χ4n) is 2.01. The number of H-pyrrole nitrogens is 1. The molecule has 0 bridgehead atoms. The molecule has 0 amide bonds. The van der Waals surface area contributed by atoms with Gasteiger partial charge in [-0.25, -0.2) is 9.97 Å². The number of rotatable bonds is 5. The number of aromatic amines is 1. The average molecular weight is 303 g/mol. The van der Waals surface area contributed by atoms with Crippen molar-refractivity contribution in [1.82, 2.24) is 24.9 Å². The van der Waals surface area contributed by atoms with Crippen LogP contribution in [0.5, 0.6) is 0 Å². The minimum Gasteiger partial charge on any atom is -0.359 e. The Hall–Kier alpha value is -2.22. The first-order chi connectivity index (χ1) is 10.2. The lowest BCUT2D eigenvalue weighted by Crippen LogP contribution is -2.11. The summed E-state index contributed by atoms with van der Waals surface area (Å²) in [4.78, 5) is 20.6. The first-order valence-electron chi connectivity index (χ1n) is 6.81. The second-order valence-corrected chi connectivity index (χ2v) is 5.61. The van der Waals surface area contributed by atoms with Crippen molar-refractivity contribution in [2.24, 2.45) is 0 Å². The molecule has 0 fully saturated rings. The van der Waals surface area contributed by atoms with Gasteiger partial charge in [0.05, 0.1) is 12.4 Å². The summed E-state index contributed by atoms with van der Waals surface area (Å²) in [6, 6.07) is 0.0691. The van der Waals surface area contributed by atoms with Crippen molar-refractivity contribution >= 4 is 34.3 Å². The van der Waals surface area contributed by atoms with Gasteiger partial charge in [-0.1, -0.05) is 0 Å². The van der Waals surface area contributed by atoms with Gasteiger partial charge >= 0.3 is 0 Å². The Morgan fingerprint density at radius 3 is 2.90 bits per heavy atom. The Morgan fingerprint density at radius 2 is 2.19 bits per heavy atom. The SMILES string of the molecule is CCNc1nc(NC(C)c2nc(C)cs2)c2[nH]cnc2n1. The van der Waals surface area contributed by atoms with Crippen molar-refractivity contribution in [2.45, 2.75) is 26.8 Å². The molecule has 0 aliphatic carbocycles. The van der Waals surface area contributed by atoms with E-state index in [2.05, 4.69) is 42.5 Å². The van der Waals surface area contributed by atoms with Crippen LogP contribution in [-0.4, -0.2) is 31.5 Å². The van der Waals surface area contributed by atoms with E-state index in [1.165, 1.54) is 0 Å². The maximum atomic E-state index is 4.51. The zero-order valence-corrected chi connectivity index (χ0v) is 13.0. The lowest BCUT2D eigenvalue weighted by molar-refractivity contribution is 0.856. The van der Waals surface area contributed by atoms with Crippen LogP contribution in [0.25, 0.3) is 11.2 Å². The molecule has 21 heavy (non-hydrogen) atoms. The fourth-order valence-corrected chi connectivity index (χ4v) is 2.82. The Bertz CT molecular complexity index is 748. The molecular weight excluding hydrogens is 286 g/mol. The van der Waals surface area contributed by atoms with Crippen LogP contribution in [0, 0.1) is 6.92 Å². The van der Waals surface area contributed by atoms with Gasteiger partial charge in [-0.05, 0) is 20.8 Å². The molecule has 0 radical (unpaired) electrons. The highest BCUT2D eigenvalue weighted by Gasteiger charge is 2.15. The van der Waals surface area contributed by atoms with Crippen molar-refractivity contribution in [2.75, 3.05) is 17.2 Å². The van der Waals surface area contributed by atoms with Crippen LogP contribution in [0.4, 0.5) is 11.8 Å². The van der Waals surface area contributed by atoms with E-state index in [1.807, 2.05) is 19.2 Å². The molecule has 0 spiro atoms. The molecule has 3 aromatic rings. The van der Waals surface area contributed by atoms with Crippen LogP contribution in [-0.2, 0) is 0 Å². The van der Waals surface area contributed by atoms with E-state index in [0.717, 1.165) is 28.6 Å². The van der Waals surface area contributed by atoms with Crippen molar-refractivity contribution < 1.29 is 0 Å². The molecule has 8 heteroatoms. The summed E-state index contributed by atoms with van der Waals surface area (Å²) in [6.45, 7) is 6.83. The van der Waals surface area contributed by atoms with Gasteiger partial charge in [0, 0.05) is 17.6 Å². The van der Waals surface area contributed by atoms with Gasteiger partial charge in [-0.3, -0.25) is 0 Å². The quantitative estimate of drug-likeness (QED) is 0.671. The molecule has 1 atom stereocenters. The first-order valence-corrected chi connectivity index (χ1v) is 7.69. The smallest absolute Gasteiger partial charge is 0.226 e. The molecule has 3 N–H and O–H groups in total. The monoisotopic (exact) mass is 303 g/mol. The number of anilines is 2. The summed E-state index contributed by atoms with van der Waals surface area (Å²) < 4.78 is 0. The van der Waals surface area contributed by atoms with Gasteiger partial charge in [-0.15, -0.1) is 11.3 Å². The largest absolute Gasteiger partial charge is 0.359 e. The topological polar surface area (TPSA) is 91.4 Å². The summed E-state index contributed by atoms with van der Waals surface area (Å²) in [6.07, 6.45) is 1.62. The molecule has 3 rings (SSSR count). The standard InChI is InChI=1S/C13H17N7S/c1-4-14-13-19-10-9(15-6-16-10)11(20-13)18-8(3)12-17-7(2)5-21-12/h5-6,8H,4H2,1-3H3,(H3,14,15,16,18,19,20). The number of thiazole rings is 1. The second kappa shape index (κ2) is 5.65. The number of nitrogens with one attached hydrogen (secondary N) is 3. The average Bonchev–Trinajstić information content (AvgIpc) is 3.07. The predicted octanol–water partition coefficient (Wildman–Crippen LogP) is 2.72. The van der Waals surface area contributed by atoms with Crippen molar-refractivity contribution in [3.63, 3.8) is 0 Å². The highest BCUT2D eigenvalue weighted by molar-refractivity contribution is 7.09. The van der Waals surface area contributed by atoms with Crippen LogP contribution in [0.15, 0.2) is 11.7 Å². The van der Waals surface area contributed by atoms with Crippen LogP contribution in [0.3, 0.4) is 0 Å². The first kappa shape index (κ1) is 13.7. The number of fused-ring (bicyclic) bond motifs is 1. The lowest BCUT2D eigenvalue weighted by Gasteiger charge is -2.13. The van der Waals surface area contributed by atoms with Crippen LogP contribution >= 0.6 is 11.3 Å². The number of nitrogens with zero attached hydrogens (tertiary/aromatic N) is 4. The van der Waals surface area contributed by atoms with E-state index in [9.17, 15) is 0 Å². The number of hydrogen-bond acceptors (Lipinski definition) is 7. The van der Waals surface area contributed by atoms with E-state index in [4.69, 9.17) is 0 Å². The van der Waals surface area contributed by atoms with E-state index in [0.29, 0.717) is 11.6 Å². The number of aromatic nitrogens is 5. The molecule has 0 saturated carbocycles. The number of aryl methyl sites for hydroxylation is 1. The molecule has 7 nitrogen and oxygen atoms in total. The van der Waals surface area contributed by atoms with Gasteiger partial charge in [0.2, 0.25) is 5.95 Å². The maximum Gasteiger partial charge on any atom is 0.226 e. The maximum absolute atomic E-state index is 4.51. The Morgan fingerprint density at radius 1 is 1.33 bits per heavy atom. The second-order valence-electron chi connectivity index (χ2n) is 4.72. The predicted molar refractivity (Wildman–Crippen MR) is 84.7 cm³/mol. The zero-order chi connectivity index (χ0) is 14.8. The molecule has 110 valence electrons. The highest BCUT2D eigenvalue weighted by atomic mass is 32.1. The molecule has 0 aliphatic heterocycles. The molecule has 0 saturated heterocycles. The number of hydrogen-bond donors (Lipinski definition) is 3. The minimum absolute atomic E-state index is 0.0691. The summed E-state index contributed by atoms with van der Waals surface area (Å²) in [5, 5.41) is 9.58. The molecule has 0 aliphatic rings. The summed E-state index contributed by atoms with van der Waals surface area (Å²) >= 11 is 1.64. The summed E-state index contributed by atoms with van der Waals surface area (Å²) in [5.41, 5.74) is 2.48. The minimum atomic E-state index is 0.0691. The van der Waals surface area contributed by atoms with Crippen LogP contribution in [0.1, 0.15) is 30.6 Å². The lowest BCUT2D eigenvalue weighted by atomic mass is 10.3. The highest BCUT2D eigenvalue weighted by Crippen LogP contribution is 2.25. The van der Waals surface area contributed by atoms with Gasteiger partial charge in [0.1, 0.15) is 10.5 Å². The molecule has 3 heterocycles. The third-order valence-corrected chi connectivity index (χ3v) is 4.13. The van der Waals surface area contributed by atoms with Crippen LogP contribution in [0.2, 0.25) is 0 Å². The molecular formula is C13H17N7S. The third-order valence-electron chi connectivity index (χ3n) is 2.98. The molecule has 0 aromatic carbocycles. The molecule has 1 unspecified atom stereocenters. The normalized spacial score (nSPS) is 12.5. The van der Waals surface area contributed by atoms with E-state index in [-0.39, 0.29) is 6.04 Å². The van der Waals surface area contributed by atoms with E-state index < -0.39 is 0 Å². The Labute approximate surface area is 126 Å². The van der Waals surface area contributed by atoms with Gasteiger partial charge in [0.15, 0.2) is 11.5 Å². The van der Waals surface area contributed by atoms with Gasteiger partial charge in [0.25, 0.3) is 0 Å². The van der Waals surface area contributed by atoms with Crippen LogP contribution < -0.4 is 10.6 Å². The fraction of sp³-hybridized carbons (Fsp3) is 0.385. The van der Waals surface area contributed by atoms with Crippen molar-refractivity contribution in [3.8, 4) is 0 Å². The third kappa shape index (κ3) is 2.80. The van der Waals surface area contributed by atoms with E-state index >= 15 is 0 Å². The van der Waals surface area contributed by atoms with Gasteiger partial charge < -0.3 is 15.6 Å². The summed E-state index contributed by atoms with van der Waals surface area (Å²) in [5.74, 6) is 1.30. The number of imidazole rings is 1. The molecule has 3 aromatic heterocycles.